The number of halogens is 2. The molecule has 0 radical (unpaired) electrons. The fourth-order valence-corrected chi connectivity index (χ4v) is 3.30. The van der Waals surface area contributed by atoms with Gasteiger partial charge in [-0.1, -0.05) is 35.9 Å². The number of nitrogens with zero attached hydrogens (tertiary/aromatic N) is 1. The molecular formula is C18H14ClFN2OS. The summed E-state index contributed by atoms with van der Waals surface area (Å²) in [4.78, 5) is 17.4. The van der Waals surface area contributed by atoms with E-state index in [0.29, 0.717) is 22.1 Å². The summed E-state index contributed by atoms with van der Waals surface area (Å²) in [5.74, 6) is -0.481. The molecule has 0 unspecified atom stereocenters. The van der Waals surface area contributed by atoms with Crippen molar-refractivity contribution in [1.82, 2.24) is 10.3 Å². The van der Waals surface area contributed by atoms with E-state index in [4.69, 9.17) is 11.6 Å². The van der Waals surface area contributed by atoms with Crippen molar-refractivity contribution >= 4 is 28.8 Å². The van der Waals surface area contributed by atoms with Crippen LogP contribution in [-0.2, 0) is 6.54 Å². The van der Waals surface area contributed by atoms with Crippen molar-refractivity contribution in [2.75, 3.05) is 0 Å². The molecule has 0 spiro atoms. The number of hydrogen-bond donors (Lipinski definition) is 1. The molecule has 3 nitrogen and oxygen atoms in total. The highest BCUT2D eigenvalue weighted by atomic mass is 35.5. The summed E-state index contributed by atoms with van der Waals surface area (Å²) < 4.78 is 12.9. The second kappa shape index (κ2) is 7.11. The molecule has 24 heavy (non-hydrogen) atoms. The summed E-state index contributed by atoms with van der Waals surface area (Å²) in [7, 11) is 0. The van der Waals surface area contributed by atoms with E-state index < -0.39 is 0 Å². The first-order valence-electron chi connectivity index (χ1n) is 7.29. The number of benzene rings is 2. The van der Waals surface area contributed by atoms with Gasteiger partial charge in [-0.15, -0.1) is 11.3 Å². The van der Waals surface area contributed by atoms with Crippen molar-refractivity contribution in [3.63, 3.8) is 0 Å². The molecule has 0 aliphatic heterocycles. The van der Waals surface area contributed by atoms with Gasteiger partial charge < -0.3 is 5.32 Å². The number of aryl methyl sites for hydroxylation is 1. The number of nitrogens with one attached hydrogen (secondary N) is 1. The predicted octanol–water partition coefficient (Wildman–Crippen LogP) is 4.84. The maximum Gasteiger partial charge on any atom is 0.263 e. The average Bonchev–Trinajstić information content (AvgIpc) is 2.96. The van der Waals surface area contributed by atoms with E-state index in [2.05, 4.69) is 10.3 Å². The second-order valence-corrected chi connectivity index (χ2v) is 6.69. The highest BCUT2D eigenvalue weighted by Gasteiger charge is 2.16. The first-order chi connectivity index (χ1) is 11.5. The lowest BCUT2D eigenvalue weighted by molar-refractivity contribution is 0.0954. The zero-order valence-electron chi connectivity index (χ0n) is 12.8. The van der Waals surface area contributed by atoms with Crippen LogP contribution in [-0.4, -0.2) is 10.9 Å². The number of hydrogen-bond acceptors (Lipinski definition) is 3. The summed E-state index contributed by atoms with van der Waals surface area (Å²) in [6.45, 7) is 2.15. The fourth-order valence-electron chi connectivity index (χ4n) is 2.19. The third-order valence-corrected chi connectivity index (χ3v) is 4.92. The Balaban J connectivity index is 1.73. The SMILES string of the molecule is Cc1nc(-c2ccc(Cl)cc2)sc1C(=O)NCc1ccc(F)cc1. The highest BCUT2D eigenvalue weighted by molar-refractivity contribution is 7.17. The van der Waals surface area contributed by atoms with Crippen LogP contribution in [0.2, 0.25) is 5.02 Å². The largest absolute Gasteiger partial charge is 0.347 e. The van der Waals surface area contributed by atoms with E-state index in [9.17, 15) is 9.18 Å². The third kappa shape index (κ3) is 3.80. The normalized spacial score (nSPS) is 10.6. The monoisotopic (exact) mass is 360 g/mol. The lowest BCUT2D eigenvalue weighted by Crippen LogP contribution is -2.22. The molecular weight excluding hydrogens is 347 g/mol. The first-order valence-corrected chi connectivity index (χ1v) is 8.48. The minimum Gasteiger partial charge on any atom is -0.347 e. The maximum absolute atomic E-state index is 12.9. The highest BCUT2D eigenvalue weighted by Crippen LogP contribution is 2.28. The van der Waals surface area contributed by atoms with Crippen molar-refractivity contribution in [2.45, 2.75) is 13.5 Å². The van der Waals surface area contributed by atoms with Gasteiger partial charge in [-0.3, -0.25) is 4.79 Å². The first kappa shape index (κ1) is 16.6. The van der Waals surface area contributed by atoms with Crippen LogP contribution >= 0.6 is 22.9 Å². The molecule has 0 atom stereocenters. The molecule has 0 fully saturated rings. The van der Waals surface area contributed by atoms with Crippen LogP contribution in [0.3, 0.4) is 0 Å². The zero-order valence-corrected chi connectivity index (χ0v) is 14.4. The quantitative estimate of drug-likeness (QED) is 0.723. The minimum atomic E-state index is -0.295. The van der Waals surface area contributed by atoms with Crippen molar-refractivity contribution < 1.29 is 9.18 Å². The van der Waals surface area contributed by atoms with E-state index in [-0.39, 0.29) is 11.7 Å². The van der Waals surface area contributed by atoms with E-state index in [1.807, 2.05) is 19.1 Å². The Bertz CT molecular complexity index is 860. The molecule has 2 aromatic carbocycles. The molecule has 122 valence electrons. The Morgan fingerprint density at radius 3 is 2.50 bits per heavy atom. The molecule has 0 bridgehead atoms. The van der Waals surface area contributed by atoms with Crippen LogP contribution in [0.15, 0.2) is 48.5 Å². The van der Waals surface area contributed by atoms with Gasteiger partial charge in [0.25, 0.3) is 5.91 Å². The van der Waals surface area contributed by atoms with E-state index in [0.717, 1.165) is 16.1 Å². The molecule has 0 aliphatic rings. The van der Waals surface area contributed by atoms with Gasteiger partial charge in [0.15, 0.2) is 0 Å². The van der Waals surface area contributed by atoms with Gasteiger partial charge in [-0.05, 0) is 36.8 Å². The number of carbonyl (C=O) groups excluding carboxylic acids is 1. The standard InChI is InChI=1S/C18H14ClFN2OS/c1-11-16(17(23)21-10-12-2-8-15(20)9-3-12)24-18(22-11)13-4-6-14(19)7-5-13/h2-9H,10H2,1H3,(H,21,23). The number of thiazole rings is 1. The zero-order chi connectivity index (χ0) is 17.1. The molecule has 1 amide bonds. The molecule has 3 rings (SSSR count). The Hall–Kier alpha value is -2.24. The summed E-state index contributed by atoms with van der Waals surface area (Å²) in [5, 5.41) is 4.27. The third-order valence-electron chi connectivity index (χ3n) is 3.46. The van der Waals surface area contributed by atoms with Gasteiger partial charge in [-0.25, -0.2) is 9.37 Å². The lowest BCUT2D eigenvalue weighted by atomic mass is 10.2. The van der Waals surface area contributed by atoms with Crippen LogP contribution in [0.5, 0.6) is 0 Å². The fraction of sp³-hybridized carbons (Fsp3) is 0.111. The second-order valence-electron chi connectivity index (χ2n) is 5.25. The number of aromatic nitrogens is 1. The van der Waals surface area contributed by atoms with E-state index in [1.54, 1.807) is 24.3 Å². The van der Waals surface area contributed by atoms with Crippen LogP contribution in [0, 0.1) is 12.7 Å². The number of amides is 1. The van der Waals surface area contributed by atoms with Gasteiger partial charge in [0, 0.05) is 17.1 Å². The van der Waals surface area contributed by atoms with Crippen LogP contribution in [0.4, 0.5) is 4.39 Å². The van der Waals surface area contributed by atoms with Crippen molar-refractivity contribution in [2.24, 2.45) is 0 Å². The van der Waals surface area contributed by atoms with Crippen molar-refractivity contribution in [3.05, 3.63) is 75.5 Å². The molecule has 6 heteroatoms. The molecule has 1 N–H and O–H groups in total. The van der Waals surface area contributed by atoms with Crippen molar-refractivity contribution in [1.29, 1.82) is 0 Å². The van der Waals surface area contributed by atoms with Gasteiger partial charge in [0.1, 0.15) is 15.7 Å². The van der Waals surface area contributed by atoms with Gasteiger partial charge in [0.05, 0.1) is 5.69 Å². The lowest BCUT2D eigenvalue weighted by Gasteiger charge is -2.04. The van der Waals surface area contributed by atoms with Gasteiger partial charge in [0.2, 0.25) is 0 Å². The van der Waals surface area contributed by atoms with Crippen LogP contribution < -0.4 is 5.32 Å². The Labute approximate surface area is 148 Å². The van der Waals surface area contributed by atoms with E-state index >= 15 is 0 Å². The van der Waals surface area contributed by atoms with Gasteiger partial charge >= 0.3 is 0 Å². The number of rotatable bonds is 4. The van der Waals surface area contributed by atoms with Crippen LogP contribution in [0.1, 0.15) is 20.9 Å². The molecule has 0 aliphatic carbocycles. The predicted molar refractivity (Wildman–Crippen MR) is 94.9 cm³/mol. The molecule has 3 aromatic rings. The van der Waals surface area contributed by atoms with Crippen molar-refractivity contribution in [3.8, 4) is 10.6 Å². The maximum atomic E-state index is 12.9. The topological polar surface area (TPSA) is 42.0 Å². The minimum absolute atomic E-state index is 0.186. The number of carbonyl (C=O) groups is 1. The molecule has 1 heterocycles. The average molecular weight is 361 g/mol. The Morgan fingerprint density at radius 1 is 1.17 bits per heavy atom. The van der Waals surface area contributed by atoms with Crippen LogP contribution in [0.25, 0.3) is 10.6 Å². The molecule has 1 aromatic heterocycles. The van der Waals surface area contributed by atoms with E-state index in [1.165, 1.54) is 23.5 Å². The summed E-state index contributed by atoms with van der Waals surface area (Å²) in [5.41, 5.74) is 2.44. The summed E-state index contributed by atoms with van der Waals surface area (Å²) >= 11 is 7.23. The molecule has 0 saturated carbocycles. The Morgan fingerprint density at radius 2 is 1.83 bits per heavy atom. The Kier molecular flexibility index (Phi) is 4.92. The van der Waals surface area contributed by atoms with Gasteiger partial charge in [-0.2, -0.15) is 0 Å². The summed E-state index contributed by atoms with van der Waals surface area (Å²) in [6, 6.07) is 13.4. The molecule has 0 saturated heterocycles. The smallest absolute Gasteiger partial charge is 0.263 e. The summed E-state index contributed by atoms with van der Waals surface area (Å²) in [6.07, 6.45) is 0.